The Morgan fingerprint density at radius 1 is 1.00 bits per heavy atom. The summed E-state index contributed by atoms with van der Waals surface area (Å²) in [5, 5.41) is 0. The van der Waals surface area contributed by atoms with Crippen LogP contribution in [0.3, 0.4) is 0 Å². The molecule has 0 heterocycles. The third kappa shape index (κ3) is 8.86. The number of rotatable bonds is 10. The normalized spacial score (nSPS) is 14.2. The van der Waals surface area contributed by atoms with Gasteiger partial charge in [0, 0.05) is 38.9 Å². The van der Waals surface area contributed by atoms with Gasteiger partial charge in [0.1, 0.15) is 0 Å². The average Bonchev–Trinajstić information content (AvgIpc) is 2.28. The van der Waals surface area contributed by atoms with Crippen LogP contribution in [-0.2, 0) is 9.47 Å². The fraction of sp³-hybridized carbons (Fsp3) is 1.00. The molecule has 0 aromatic carbocycles. The van der Waals surface area contributed by atoms with E-state index in [1.54, 1.807) is 0 Å². The first-order valence-corrected chi connectivity index (χ1v) is 7.05. The molecule has 0 amide bonds. The summed E-state index contributed by atoms with van der Waals surface area (Å²) in [6.45, 7) is 16.4. The van der Waals surface area contributed by atoms with Crippen LogP contribution in [0.2, 0.25) is 0 Å². The topological polar surface area (TPSA) is 47.7 Å². The van der Waals surface area contributed by atoms with Crippen molar-refractivity contribution < 1.29 is 9.47 Å². The Kier molecular flexibility index (Phi) is 9.64. The summed E-state index contributed by atoms with van der Waals surface area (Å²) in [4.78, 5) is 2.33. The second-order valence-electron chi connectivity index (χ2n) is 5.67. The lowest BCUT2D eigenvalue weighted by Crippen LogP contribution is -2.47. The molecule has 2 N–H and O–H groups in total. The zero-order valence-corrected chi connectivity index (χ0v) is 12.9. The summed E-state index contributed by atoms with van der Waals surface area (Å²) in [5.74, 6) is 0. The van der Waals surface area contributed by atoms with Crippen LogP contribution in [0, 0.1) is 5.41 Å². The number of nitrogens with zero attached hydrogens (tertiary/aromatic N) is 1. The van der Waals surface area contributed by atoms with Gasteiger partial charge in [0.15, 0.2) is 0 Å². The van der Waals surface area contributed by atoms with Crippen molar-refractivity contribution in [2.24, 2.45) is 11.1 Å². The first-order chi connectivity index (χ1) is 8.41. The van der Waals surface area contributed by atoms with Gasteiger partial charge < -0.3 is 15.2 Å². The third-order valence-corrected chi connectivity index (χ3v) is 3.08. The number of nitrogens with two attached hydrogens (primary N) is 1. The van der Waals surface area contributed by atoms with Crippen molar-refractivity contribution in [2.75, 3.05) is 46.1 Å². The van der Waals surface area contributed by atoms with Gasteiger partial charge in [-0.05, 0) is 19.3 Å². The van der Waals surface area contributed by atoms with Gasteiger partial charge in [-0.1, -0.05) is 20.8 Å². The minimum absolute atomic E-state index is 0.134. The number of hydrogen-bond donors (Lipinski definition) is 1. The molecule has 1 atom stereocenters. The second kappa shape index (κ2) is 9.73. The van der Waals surface area contributed by atoms with Crippen molar-refractivity contribution in [1.29, 1.82) is 0 Å². The van der Waals surface area contributed by atoms with E-state index in [-0.39, 0.29) is 11.5 Å². The van der Waals surface area contributed by atoms with Gasteiger partial charge in [0.25, 0.3) is 0 Å². The summed E-state index contributed by atoms with van der Waals surface area (Å²) in [6.07, 6.45) is 0. The molecule has 4 nitrogen and oxygen atoms in total. The molecule has 0 fully saturated rings. The van der Waals surface area contributed by atoms with Crippen molar-refractivity contribution >= 4 is 0 Å². The standard InChI is InChI=1S/C14H32N2O2/c1-6-17-10-8-16(9-11-18-7-2)12-13(15)14(3,4)5/h13H,6-12,15H2,1-5H3. The Morgan fingerprint density at radius 3 is 1.78 bits per heavy atom. The van der Waals surface area contributed by atoms with Crippen molar-refractivity contribution in [1.82, 2.24) is 4.90 Å². The van der Waals surface area contributed by atoms with Gasteiger partial charge in [-0.25, -0.2) is 0 Å². The van der Waals surface area contributed by atoms with E-state index < -0.39 is 0 Å². The van der Waals surface area contributed by atoms with E-state index in [9.17, 15) is 0 Å². The van der Waals surface area contributed by atoms with Crippen LogP contribution in [0.5, 0.6) is 0 Å². The molecule has 0 aliphatic carbocycles. The maximum absolute atomic E-state index is 6.24. The smallest absolute Gasteiger partial charge is 0.0593 e. The maximum Gasteiger partial charge on any atom is 0.0593 e. The Morgan fingerprint density at radius 2 is 1.44 bits per heavy atom. The fourth-order valence-corrected chi connectivity index (χ4v) is 1.52. The quantitative estimate of drug-likeness (QED) is 0.608. The third-order valence-electron chi connectivity index (χ3n) is 3.08. The molecular weight excluding hydrogens is 228 g/mol. The SMILES string of the molecule is CCOCCN(CCOCC)CC(N)C(C)(C)C. The molecule has 0 rings (SSSR count). The average molecular weight is 260 g/mol. The van der Waals surface area contributed by atoms with E-state index in [4.69, 9.17) is 15.2 Å². The predicted molar refractivity (Wildman–Crippen MR) is 76.9 cm³/mol. The van der Waals surface area contributed by atoms with E-state index in [0.29, 0.717) is 0 Å². The molecule has 0 spiro atoms. The first kappa shape index (κ1) is 17.8. The van der Waals surface area contributed by atoms with Gasteiger partial charge in [-0.3, -0.25) is 4.90 Å². The van der Waals surface area contributed by atoms with Crippen molar-refractivity contribution in [3.05, 3.63) is 0 Å². The largest absolute Gasteiger partial charge is 0.380 e. The van der Waals surface area contributed by atoms with Gasteiger partial charge in [0.2, 0.25) is 0 Å². The zero-order valence-electron chi connectivity index (χ0n) is 12.9. The predicted octanol–water partition coefficient (Wildman–Crippen LogP) is 1.73. The Hall–Kier alpha value is -0.160. The van der Waals surface area contributed by atoms with Crippen LogP contribution in [0.25, 0.3) is 0 Å². The number of hydrogen-bond acceptors (Lipinski definition) is 4. The van der Waals surface area contributed by atoms with E-state index >= 15 is 0 Å². The lowest BCUT2D eigenvalue weighted by molar-refractivity contribution is 0.0736. The summed E-state index contributed by atoms with van der Waals surface area (Å²) < 4.78 is 10.8. The first-order valence-electron chi connectivity index (χ1n) is 7.05. The van der Waals surface area contributed by atoms with Gasteiger partial charge in [0.05, 0.1) is 13.2 Å². The summed E-state index contributed by atoms with van der Waals surface area (Å²) in [7, 11) is 0. The molecule has 0 aromatic rings. The van der Waals surface area contributed by atoms with Crippen LogP contribution in [0.4, 0.5) is 0 Å². The molecule has 0 saturated carbocycles. The molecule has 0 aliphatic rings. The molecule has 110 valence electrons. The zero-order chi connectivity index (χ0) is 14.0. The fourth-order valence-electron chi connectivity index (χ4n) is 1.52. The summed E-state index contributed by atoms with van der Waals surface area (Å²) in [5.41, 5.74) is 6.37. The molecule has 0 radical (unpaired) electrons. The summed E-state index contributed by atoms with van der Waals surface area (Å²) >= 11 is 0. The minimum Gasteiger partial charge on any atom is -0.380 e. The van der Waals surface area contributed by atoms with Gasteiger partial charge >= 0.3 is 0 Å². The Labute approximate surface area is 113 Å². The van der Waals surface area contributed by atoms with Crippen molar-refractivity contribution in [3.8, 4) is 0 Å². The van der Waals surface area contributed by atoms with Gasteiger partial charge in [-0.2, -0.15) is 0 Å². The highest BCUT2D eigenvalue weighted by Gasteiger charge is 2.22. The molecule has 0 aliphatic heterocycles. The number of ether oxygens (including phenoxy) is 2. The molecular formula is C14H32N2O2. The molecule has 0 bridgehead atoms. The highest BCUT2D eigenvalue weighted by atomic mass is 16.5. The highest BCUT2D eigenvalue weighted by molar-refractivity contribution is 4.80. The Balaban J connectivity index is 4.10. The Bertz CT molecular complexity index is 183. The van der Waals surface area contributed by atoms with E-state index in [2.05, 4.69) is 25.7 Å². The second-order valence-corrected chi connectivity index (χ2v) is 5.67. The van der Waals surface area contributed by atoms with Crippen LogP contribution < -0.4 is 5.73 Å². The van der Waals surface area contributed by atoms with Crippen molar-refractivity contribution in [3.63, 3.8) is 0 Å². The van der Waals surface area contributed by atoms with Crippen LogP contribution >= 0.6 is 0 Å². The maximum atomic E-state index is 6.24. The van der Waals surface area contributed by atoms with E-state index in [0.717, 1.165) is 46.1 Å². The van der Waals surface area contributed by atoms with Gasteiger partial charge in [-0.15, -0.1) is 0 Å². The van der Waals surface area contributed by atoms with E-state index in [1.807, 2.05) is 13.8 Å². The molecule has 0 aromatic heterocycles. The highest BCUT2D eigenvalue weighted by Crippen LogP contribution is 2.17. The summed E-state index contributed by atoms with van der Waals surface area (Å²) in [6, 6.07) is 0.167. The molecule has 1 unspecified atom stereocenters. The van der Waals surface area contributed by atoms with Crippen LogP contribution in [0.1, 0.15) is 34.6 Å². The van der Waals surface area contributed by atoms with E-state index in [1.165, 1.54) is 0 Å². The lowest BCUT2D eigenvalue weighted by atomic mass is 9.87. The molecule has 4 heteroatoms. The molecule has 18 heavy (non-hydrogen) atoms. The molecule has 0 saturated heterocycles. The lowest BCUT2D eigenvalue weighted by Gasteiger charge is -2.32. The minimum atomic E-state index is 0.134. The monoisotopic (exact) mass is 260 g/mol. The van der Waals surface area contributed by atoms with Crippen molar-refractivity contribution in [2.45, 2.75) is 40.7 Å². The van der Waals surface area contributed by atoms with Crippen LogP contribution in [-0.4, -0.2) is 57.0 Å². The van der Waals surface area contributed by atoms with Crippen LogP contribution in [0.15, 0.2) is 0 Å².